The van der Waals surface area contributed by atoms with E-state index in [1.54, 1.807) is 29.1 Å². The zero-order chi connectivity index (χ0) is 12.4. The maximum atomic E-state index is 5.91. The predicted octanol–water partition coefficient (Wildman–Crippen LogP) is 3.74. The molecule has 2 rings (SSSR count). The van der Waals surface area contributed by atoms with Crippen molar-refractivity contribution < 1.29 is 0 Å². The summed E-state index contributed by atoms with van der Waals surface area (Å²) < 4.78 is 1.59. The number of hydrogen-bond acceptors (Lipinski definition) is 2. The average Bonchev–Trinajstić information content (AvgIpc) is 2.70. The van der Waals surface area contributed by atoms with Gasteiger partial charge < -0.3 is 5.32 Å². The van der Waals surface area contributed by atoms with Gasteiger partial charge in [-0.05, 0) is 42.9 Å². The second kappa shape index (κ2) is 5.04. The monoisotopic (exact) mass is 285 g/mol. The van der Waals surface area contributed by atoms with Crippen LogP contribution in [-0.2, 0) is 0 Å². The van der Waals surface area contributed by atoms with Crippen LogP contribution in [0.15, 0.2) is 30.6 Å². The Labute approximate surface area is 114 Å². The zero-order valence-corrected chi connectivity index (χ0v) is 11.3. The molecule has 0 bridgehead atoms. The molecule has 0 aliphatic carbocycles. The van der Waals surface area contributed by atoms with Crippen LogP contribution in [0.1, 0.15) is 5.56 Å². The van der Waals surface area contributed by atoms with Gasteiger partial charge in [-0.15, -0.1) is 0 Å². The Kier molecular flexibility index (Phi) is 3.66. The predicted molar refractivity (Wildman–Crippen MR) is 75.0 cm³/mol. The third-order valence-corrected chi connectivity index (χ3v) is 3.12. The van der Waals surface area contributed by atoms with E-state index < -0.39 is 0 Å². The minimum absolute atomic E-state index is 0.483. The van der Waals surface area contributed by atoms with E-state index in [2.05, 4.69) is 10.4 Å². The summed E-state index contributed by atoms with van der Waals surface area (Å²) in [7, 11) is 0. The summed E-state index contributed by atoms with van der Waals surface area (Å²) in [6, 6.07) is 5.23. The number of hydrogen-bond donors (Lipinski definition) is 1. The Morgan fingerprint density at radius 1 is 1.35 bits per heavy atom. The number of benzene rings is 1. The number of aromatic nitrogens is 2. The number of thiocarbonyl (C=S) groups is 1. The Hall–Kier alpha value is -1.10. The van der Waals surface area contributed by atoms with Crippen molar-refractivity contribution in [2.24, 2.45) is 0 Å². The average molecular weight is 286 g/mol. The van der Waals surface area contributed by atoms with Crippen LogP contribution in [-0.4, -0.2) is 14.9 Å². The van der Waals surface area contributed by atoms with Gasteiger partial charge in [-0.1, -0.05) is 23.2 Å². The minimum atomic E-state index is 0.483. The van der Waals surface area contributed by atoms with Crippen LogP contribution >= 0.6 is 35.4 Å². The Morgan fingerprint density at radius 2 is 2.12 bits per heavy atom. The molecule has 0 aliphatic rings. The van der Waals surface area contributed by atoms with Crippen LogP contribution in [0.3, 0.4) is 0 Å². The van der Waals surface area contributed by atoms with E-state index >= 15 is 0 Å². The number of nitrogens with one attached hydrogen (secondary N) is 1. The Bertz CT molecular complexity index is 566. The van der Waals surface area contributed by atoms with Crippen LogP contribution in [0, 0.1) is 6.92 Å². The Morgan fingerprint density at radius 3 is 2.71 bits per heavy atom. The first kappa shape index (κ1) is 12.4. The summed E-state index contributed by atoms with van der Waals surface area (Å²) in [5.41, 5.74) is 1.82. The number of rotatable bonds is 1. The van der Waals surface area contributed by atoms with Gasteiger partial charge in [0.05, 0.1) is 16.2 Å². The molecule has 1 aromatic carbocycles. The van der Waals surface area contributed by atoms with Crippen molar-refractivity contribution in [1.29, 1.82) is 0 Å². The summed E-state index contributed by atoms with van der Waals surface area (Å²) >= 11 is 16.9. The molecule has 1 aromatic heterocycles. The van der Waals surface area contributed by atoms with E-state index in [9.17, 15) is 0 Å². The molecule has 0 saturated heterocycles. The number of aryl methyl sites for hydroxylation is 1. The quantitative estimate of drug-likeness (QED) is 0.810. The summed E-state index contributed by atoms with van der Waals surface area (Å²) in [6.07, 6.45) is 3.58. The molecule has 0 fully saturated rings. The molecule has 0 atom stereocenters. The molecule has 6 heteroatoms. The molecule has 17 heavy (non-hydrogen) atoms. The molecule has 0 spiro atoms. The highest BCUT2D eigenvalue weighted by atomic mass is 35.5. The second-order valence-corrected chi connectivity index (χ2v) is 4.72. The zero-order valence-electron chi connectivity index (χ0n) is 8.95. The van der Waals surface area contributed by atoms with Crippen LogP contribution < -0.4 is 5.32 Å². The van der Waals surface area contributed by atoms with E-state index in [0.717, 1.165) is 11.3 Å². The first-order chi connectivity index (χ1) is 8.06. The van der Waals surface area contributed by atoms with E-state index in [4.69, 9.17) is 35.4 Å². The number of nitrogens with zero attached hydrogens (tertiary/aromatic N) is 2. The molecule has 88 valence electrons. The summed E-state index contributed by atoms with van der Waals surface area (Å²) in [4.78, 5) is 0. The van der Waals surface area contributed by atoms with Gasteiger partial charge in [0.2, 0.25) is 0 Å². The van der Waals surface area contributed by atoms with Crippen LogP contribution in [0.25, 0.3) is 0 Å². The smallest absolute Gasteiger partial charge is 0.198 e. The van der Waals surface area contributed by atoms with E-state index in [1.165, 1.54) is 0 Å². The summed E-state index contributed by atoms with van der Waals surface area (Å²) in [5, 5.41) is 8.61. The molecule has 1 heterocycles. The van der Waals surface area contributed by atoms with Gasteiger partial charge in [-0.3, -0.25) is 0 Å². The van der Waals surface area contributed by atoms with Gasteiger partial charge in [0, 0.05) is 11.9 Å². The van der Waals surface area contributed by atoms with Crippen molar-refractivity contribution in [2.75, 3.05) is 5.32 Å². The van der Waals surface area contributed by atoms with Gasteiger partial charge >= 0.3 is 0 Å². The van der Waals surface area contributed by atoms with Crippen molar-refractivity contribution in [3.05, 3.63) is 46.2 Å². The lowest BCUT2D eigenvalue weighted by Gasteiger charge is -2.08. The van der Waals surface area contributed by atoms with Crippen molar-refractivity contribution in [1.82, 2.24) is 9.78 Å². The minimum Gasteiger partial charge on any atom is -0.331 e. The Balaban J connectivity index is 2.15. The fourth-order valence-electron chi connectivity index (χ4n) is 1.28. The van der Waals surface area contributed by atoms with Crippen molar-refractivity contribution in [2.45, 2.75) is 6.92 Å². The van der Waals surface area contributed by atoms with Gasteiger partial charge in [0.25, 0.3) is 0 Å². The van der Waals surface area contributed by atoms with Gasteiger partial charge in [-0.2, -0.15) is 5.10 Å². The largest absolute Gasteiger partial charge is 0.331 e. The molecular formula is C11H9Cl2N3S. The maximum absolute atomic E-state index is 5.91. The SMILES string of the molecule is Cc1cnn(C(=S)Nc2ccc(Cl)c(Cl)c2)c1. The second-order valence-electron chi connectivity index (χ2n) is 3.52. The van der Waals surface area contributed by atoms with Gasteiger partial charge in [0.15, 0.2) is 5.11 Å². The van der Waals surface area contributed by atoms with E-state index in [1.807, 2.05) is 13.1 Å². The van der Waals surface area contributed by atoms with Crippen molar-refractivity contribution >= 4 is 46.2 Å². The molecule has 3 nitrogen and oxygen atoms in total. The normalized spacial score (nSPS) is 10.3. The van der Waals surface area contributed by atoms with Gasteiger partial charge in [0.1, 0.15) is 0 Å². The van der Waals surface area contributed by atoms with Gasteiger partial charge in [-0.25, -0.2) is 4.68 Å². The number of halogens is 2. The third kappa shape index (κ3) is 2.97. The number of anilines is 1. The van der Waals surface area contributed by atoms with Crippen molar-refractivity contribution in [3.8, 4) is 0 Å². The topological polar surface area (TPSA) is 29.9 Å². The van der Waals surface area contributed by atoms with Crippen LogP contribution in [0.5, 0.6) is 0 Å². The first-order valence-electron chi connectivity index (χ1n) is 4.84. The summed E-state index contributed by atoms with van der Waals surface area (Å²) in [6.45, 7) is 1.95. The van der Waals surface area contributed by atoms with Crippen molar-refractivity contribution in [3.63, 3.8) is 0 Å². The highest BCUT2D eigenvalue weighted by molar-refractivity contribution is 7.80. The highest BCUT2D eigenvalue weighted by Gasteiger charge is 2.04. The standard InChI is InChI=1S/C11H9Cl2N3S/c1-7-5-14-16(6-7)11(17)15-8-2-3-9(12)10(13)4-8/h2-6H,1H3,(H,15,17). The fourth-order valence-corrected chi connectivity index (χ4v) is 1.79. The highest BCUT2D eigenvalue weighted by Crippen LogP contribution is 2.25. The summed E-state index contributed by atoms with van der Waals surface area (Å²) in [5.74, 6) is 0. The molecule has 0 aliphatic heterocycles. The maximum Gasteiger partial charge on any atom is 0.198 e. The first-order valence-corrected chi connectivity index (χ1v) is 6.00. The molecule has 0 saturated carbocycles. The molecular weight excluding hydrogens is 277 g/mol. The third-order valence-electron chi connectivity index (χ3n) is 2.09. The molecule has 0 unspecified atom stereocenters. The van der Waals surface area contributed by atoms with Crippen LogP contribution in [0.4, 0.5) is 5.69 Å². The molecule has 0 amide bonds. The molecule has 2 aromatic rings. The lowest BCUT2D eigenvalue weighted by Crippen LogP contribution is -2.19. The molecule has 1 N–H and O–H groups in total. The van der Waals surface area contributed by atoms with Crippen LogP contribution in [0.2, 0.25) is 10.0 Å². The lowest BCUT2D eigenvalue weighted by atomic mass is 10.3. The fraction of sp³-hybridized carbons (Fsp3) is 0.0909. The van der Waals surface area contributed by atoms with E-state index in [-0.39, 0.29) is 0 Å². The van der Waals surface area contributed by atoms with E-state index in [0.29, 0.717) is 15.2 Å². The molecule has 0 radical (unpaired) electrons. The lowest BCUT2D eigenvalue weighted by molar-refractivity contribution is 0.947.